The van der Waals surface area contributed by atoms with Gasteiger partial charge in [-0.2, -0.15) is 0 Å². The molecule has 1 atom stereocenters. The number of hydrogen-bond acceptors (Lipinski definition) is 7. The average molecular weight is 430 g/mol. The van der Waals surface area contributed by atoms with Crippen LogP contribution in [-0.4, -0.2) is 49.6 Å². The zero-order chi connectivity index (χ0) is 22.0. The van der Waals surface area contributed by atoms with Crippen LogP contribution in [0.1, 0.15) is 27.1 Å². The summed E-state index contributed by atoms with van der Waals surface area (Å²) in [5, 5.41) is 28.4. The molecule has 1 aliphatic rings. The van der Waals surface area contributed by atoms with Crippen molar-refractivity contribution in [1.29, 1.82) is 0 Å². The number of amides is 3. The lowest BCUT2D eigenvalue weighted by molar-refractivity contribution is -0.121. The number of anilines is 2. The van der Waals surface area contributed by atoms with Gasteiger partial charge in [0.1, 0.15) is 11.0 Å². The van der Waals surface area contributed by atoms with Gasteiger partial charge in [0, 0.05) is 18.2 Å². The largest absolute Gasteiger partial charge is 0.508 e. The predicted molar refractivity (Wildman–Crippen MR) is 106 cm³/mol. The molecule has 11 heteroatoms. The summed E-state index contributed by atoms with van der Waals surface area (Å²) in [5.74, 6) is -4.22. The van der Waals surface area contributed by atoms with E-state index < -0.39 is 40.7 Å². The van der Waals surface area contributed by atoms with Gasteiger partial charge in [-0.25, -0.2) is 14.5 Å². The first-order valence-corrected chi connectivity index (χ1v) is 9.29. The molecule has 0 bridgehead atoms. The fourth-order valence-corrected chi connectivity index (χ4v) is 3.76. The molecule has 0 radical (unpaired) electrons. The van der Waals surface area contributed by atoms with E-state index in [1.807, 2.05) is 0 Å². The van der Waals surface area contributed by atoms with Gasteiger partial charge in [-0.1, -0.05) is 6.07 Å². The van der Waals surface area contributed by atoms with Crippen molar-refractivity contribution in [3.05, 3.63) is 53.6 Å². The van der Waals surface area contributed by atoms with Gasteiger partial charge in [0.2, 0.25) is 11.8 Å². The zero-order valence-electron chi connectivity index (χ0n) is 15.1. The van der Waals surface area contributed by atoms with Gasteiger partial charge in [0.05, 0.1) is 16.8 Å². The van der Waals surface area contributed by atoms with E-state index in [0.29, 0.717) is 11.8 Å². The lowest BCUT2D eigenvalue weighted by atomic mass is 10.1. The third-order valence-electron chi connectivity index (χ3n) is 4.09. The van der Waals surface area contributed by atoms with Crippen molar-refractivity contribution >= 4 is 52.1 Å². The minimum Gasteiger partial charge on any atom is -0.508 e. The molecule has 30 heavy (non-hydrogen) atoms. The maximum atomic E-state index is 12.6. The number of carboxylic acid groups (broad SMARTS) is 2. The van der Waals surface area contributed by atoms with E-state index in [2.05, 4.69) is 5.32 Å². The highest BCUT2D eigenvalue weighted by Crippen LogP contribution is 2.34. The highest BCUT2D eigenvalue weighted by atomic mass is 32.2. The third kappa shape index (κ3) is 4.41. The molecule has 3 amide bonds. The molecule has 154 valence electrons. The fraction of sp³-hybridized carbons (Fsp3) is 0.105. The number of carboxylic acids is 2. The highest BCUT2D eigenvalue weighted by molar-refractivity contribution is 8.15. The van der Waals surface area contributed by atoms with E-state index in [1.54, 1.807) is 0 Å². The first-order valence-electron chi connectivity index (χ1n) is 8.41. The Morgan fingerprint density at radius 1 is 1.00 bits per heavy atom. The molecule has 0 saturated carbocycles. The summed E-state index contributed by atoms with van der Waals surface area (Å²) < 4.78 is 0. The number of hydrogen-bond donors (Lipinski definition) is 4. The highest BCUT2D eigenvalue weighted by Gasteiger charge is 2.41. The Balaban J connectivity index is 1.74. The van der Waals surface area contributed by atoms with Crippen LogP contribution in [0.2, 0.25) is 0 Å². The summed E-state index contributed by atoms with van der Waals surface area (Å²) in [5.41, 5.74) is -0.562. The number of aromatic hydroxyl groups is 1. The Kier molecular flexibility index (Phi) is 5.74. The third-order valence-corrected chi connectivity index (χ3v) is 5.13. The summed E-state index contributed by atoms with van der Waals surface area (Å²) >= 11 is 0.644. The fourth-order valence-electron chi connectivity index (χ4n) is 2.78. The second-order valence-electron chi connectivity index (χ2n) is 6.23. The molecule has 0 spiro atoms. The SMILES string of the molecule is O=C(CC1SC(=O)N(c2cccc(O)c2)C1=O)Nc1cc(C(=O)O)cc(C(=O)O)c1. The number of carbonyl (C=O) groups excluding carboxylic acids is 3. The standard InChI is InChI=1S/C19H14N2O8S/c22-13-3-1-2-12(7-13)21-16(24)14(30-19(21)29)8-15(23)20-11-5-9(17(25)26)4-10(6-11)18(27)28/h1-7,14,22H,8H2,(H,20,23)(H,25,26)(H,27,28). The van der Waals surface area contributed by atoms with Crippen LogP contribution in [0.4, 0.5) is 16.2 Å². The van der Waals surface area contributed by atoms with E-state index >= 15 is 0 Å². The summed E-state index contributed by atoms with van der Waals surface area (Å²) in [6, 6.07) is 8.66. The molecule has 1 unspecified atom stereocenters. The number of carbonyl (C=O) groups is 5. The lowest BCUT2D eigenvalue weighted by Gasteiger charge is -2.14. The minimum absolute atomic E-state index is 0.0658. The summed E-state index contributed by atoms with van der Waals surface area (Å²) in [4.78, 5) is 60.3. The lowest BCUT2D eigenvalue weighted by Crippen LogP contribution is -2.32. The zero-order valence-corrected chi connectivity index (χ0v) is 15.9. The average Bonchev–Trinajstić information content (AvgIpc) is 2.94. The van der Waals surface area contributed by atoms with Crippen LogP contribution in [0, 0.1) is 0 Å². The number of benzene rings is 2. The Bertz CT molecular complexity index is 1050. The maximum Gasteiger partial charge on any atom is 0.335 e. The van der Waals surface area contributed by atoms with E-state index in [0.717, 1.165) is 23.1 Å². The molecular formula is C19H14N2O8S. The minimum atomic E-state index is -1.37. The van der Waals surface area contributed by atoms with Crippen LogP contribution in [-0.2, 0) is 9.59 Å². The van der Waals surface area contributed by atoms with Crippen LogP contribution >= 0.6 is 11.8 Å². The first kappa shape index (κ1) is 20.9. The van der Waals surface area contributed by atoms with E-state index in [9.17, 15) is 29.1 Å². The van der Waals surface area contributed by atoms with Crippen molar-refractivity contribution in [2.24, 2.45) is 0 Å². The Labute approximate surface area is 173 Å². The number of aromatic carboxylic acids is 2. The van der Waals surface area contributed by atoms with Crippen molar-refractivity contribution in [2.45, 2.75) is 11.7 Å². The van der Waals surface area contributed by atoms with Crippen molar-refractivity contribution in [2.75, 3.05) is 10.2 Å². The van der Waals surface area contributed by atoms with Crippen LogP contribution in [0.5, 0.6) is 5.75 Å². The molecular weight excluding hydrogens is 416 g/mol. The normalized spacial score (nSPS) is 15.9. The Hall–Kier alpha value is -3.86. The molecule has 2 aromatic rings. The van der Waals surface area contributed by atoms with Crippen molar-refractivity contribution in [3.8, 4) is 5.75 Å². The quantitative estimate of drug-likeness (QED) is 0.539. The number of imide groups is 1. The van der Waals surface area contributed by atoms with Crippen LogP contribution in [0.3, 0.4) is 0 Å². The van der Waals surface area contributed by atoms with E-state index in [1.165, 1.54) is 24.3 Å². The van der Waals surface area contributed by atoms with Gasteiger partial charge in [0.25, 0.3) is 5.24 Å². The number of rotatable bonds is 6. The molecule has 1 heterocycles. The summed E-state index contributed by atoms with van der Waals surface area (Å²) in [6.07, 6.45) is -0.399. The van der Waals surface area contributed by atoms with Gasteiger partial charge < -0.3 is 20.6 Å². The number of nitrogens with one attached hydrogen (secondary N) is 1. The predicted octanol–water partition coefficient (Wildman–Crippen LogP) is 2.39. The second-order valence-corrected chi connectivity index (χ2v) is 7.38. The van der Waals surface area contributed by atoms with Crippen molar-refractivity contribution in [1.82, 2.24) is 0 Å². The second kappa shape index (κ2) is 8.25. The molecule has 2 aromatic carbocycles. The van der Waals surface area contributed by atoms with Gasteiger partial charge in [-0.3, -0.25) is 14.4 Å². The smallest absolute Gasteiger partial charge is 0.335 e. The van der Waals surface area contributed by atoms with Gasteiger partial charge in [0.15, 0.2) is 0 Å². The number of phenols is 1. The van der Waals surface area contributed by atoms with E-state index in [-0.39, 0.29) is 28.3 Å². The molecule has 1 fully saturated rings. The first-order chi connectivity index (χ1) is 14.2. The maximum absolute atomic E-state index is 12.6. The monoisotopic (exact) mass is 430 g/mol. The van der Waals surface area contributed by atoms with Gasteiger partial charge >= 0.3 is 11.9 Å². The van der Waals surface area contributed by atoms with Crippen LogP contribution < -0.4 is 10.2 Å². The van der Waals surface area contributed by atoms with Crippen molar-refractivity contribution < 1.29 is 39.3 Å². The number of phenolic OH excluding ortho intramolecular Hbond substituents is 1. The molecule has 10 nitrogen and oxygen atoms in total. The molecule has 1 saturated heterocycles. The Morgan fingerprint density at radius 2 is 1.63 bits per heavy atom. The number of thioether (sulfide) groups is 1. The van der Waals surface area contributed by atoms with Crippen molar-refractivity contribution in [3.63, 3.8) is 0 Å². The summed E-state index contributed by atoms with van der Waals surface area (Å²) in [7, 11) is 0. The molecule has 1 aliphatic heterocycles. The Morgan fingerprint density at radius 3 is 2.20 bits per heavy atom. The topological polar surface area (TPSA) is 161 Å². The summed E-state index contributed by atoms with van der Waals surface area (Å²) in [6.45, 7) is 0. The molecule has 0 aliphatic carbocycles. The molecule has 4 N–H and O–H groups in total. The molecule has 0 aromatic heterocycles. The molecule has 3 rings (SSSR count). The van der Waals surface area contributed by atoms with Crippen LogP contribution in [0.15, 0.2) is 42.5 Å². The van der Waals surface area contributed by atoms with Gasteiger partial charge in [-0.05, 0) is 42.1 Å². The van der Waals surface area contributed by atoms with Crippen LogP contribution in [0.25, 0.3) is 0 Å². The number of nitrogens with zero attached hydrogens (tertiary/aromatic N) is 1. The van der Waals surface area contributed by atoms with E-state index in [4.69, 9.17) is 10.2 Å². The van der Waals surface area contributed by atoms with Gasteiger partial charge in [-0.15, -0.1) is 0 Å².